The Bertz CT molecular complexity index is 1640. The molecule has 0 radical (unpaired) electrons. The highest BCUT2D eigenvalue weighted by atomic mass is 32.2. The topological polar surface area (TPSA) is 164 Å². The molecule has 13 nitrogen and oxygen atoms in total. The largest absolute Gasteiger partial charge is 0.496 e. The van der Waals surface area contributed by atoms with Crippen LogP contribution in [0.3, 0.4) is 0 Å². The lowest BCUT2D eigenvalue weighted by Crippen LogP contribution is -2.32. The van der Waals surface area contributed by atoms with Crippen LogP contribution in [0.1, 0.15) is 42.3 Å². The van der Waals surface area contributed by atoms with E-state index >= 15 is 0 Å². The molecule has 2 heterocycles. The predicted octanol–water partition coefficient (Wildman–Crippen LogP) is 3.69. The third kappa shape index (κ3) is 6.69. The van der Waals surface area contributed by atoms with Crippen molar-refractivity contribution in [1.29, 1.82) is 0 Å². The van der Waals surface area contributed by atoms with Crippen molar-refractivity contribution in [3.63, 3.8) is 0 Å². The molecule has 0 aliphatic heterocycles. The number of methoxy groups -OCH3 is 2. The van der Waals surface area contributed by atoms with Gasteiger partial charge in [0.05, 0.1) is 37.4 Å². The Labute approximate surface area is 230 Å². The number of alkyl carbamates (subject to hydrolysis) is 1. The fraction of sp³-hybridized carbons (Fsp3) is 0.308. The minimum atomic E-state index is -4.06. The lowest BCUT2D eigenvalue weighted by molar-refractivity contribution is 0.0522. The second-order valence-electron chi connectivity index (χ2n) is 9.73. The SMILES string of the molecule is COC(=O)c1ccc(S(=O)(=O)Nc2noc3cc(Cn4cc(CNC(=O)OC(C)(C)C)cn4)cc(OC)c23)cc1. The number of sulfonamides is 1. The first kappa shape index (κ1) is 28.4. The first-order chi connectivity index (χ1) is 18.9. The van der Waals surface area contributed by atoms with E-state index in [-0.39, 0.29) is 22.8 Å². The summed E-state index contributed by atoms with van der Waals surface area (Å²) in [5.41, 5.74) is 1.44. The molecular weight excluding hydrogens is 542 g/mol. The van der Waals surface area contributed by atoms with Crippen LogP contribution < -0.4 is 14.8 Å². The Balaban J connectivity index is 1.49. The van der Waals surface area contributed by atoms with E-state index in [2.05, 4.69) is 25.0 Å². The molecule has 2 N–H and O–H groups in total. The second-order valence-corrected chi connectivity index (χ2v) is 11.4. The molecule has 0 spiro atoms. The fourth-order valence-corrected chi connectivity index (χ4v) is 4.75. The number of anilines is 1. The number of fused-ring (bicyclic) bond motifs is 1. The van der Waals surface area contributed by atoms with Gasteiger partial charge in [-0.2, -0.15) is 5.10 Å². The van der Waals surface area contributed by atoms with Crippen molar-refractivity contribution >= 4 is 38.9 Å². The molecule has 4 aromatic rings. The second kappa shape index (κ2) is 11.3. The maximum Gasteiger partial charge on any atom is 0.407 e. The molecule has 40 heavy (non-hydrogen) atoms. The van der Waals surface area contributed by atoms with Gasteiger partial charge in [0.2, 0.25) is 0 Å². The van der Waals surface area contributed by atoms with Crippen LogP contribution >= 0.6 is 0 Å². The molecule has 0 aliphatic rings. The summed E-state index contributed by atoms with van der Waals surface area (Å²) in [6, 6.07) is 8.70. The smallest absolute Gasteiger partial charge is 0.407 e. The average Bonchev–Trinajstić information content (AvgIpc) is 3.52. The standard InChI is InChI=1S/C26H29N5O8S/c1-26(2,3)38-25(33)27-12-17-13-28-31(15-17)14-16-10-20(36-4)22-21(11-16)39-29-23(22)30-40(34,35)19-8-6-18(7-9-19)24(32)37-5/h6-11,13,15H,12,14H2,1-5H3,(H,27,33)(H,29,30). The lowest BCUT2D eigenvalue weighted by atomic mass is 10.1. The first-order valence-electron chi connectivity index (χ1n) is 12.0. The van der Waals surface area contributed by atoms with Gasteiger partial charge in [-0.25, -0.2) is 18.0 Å². The van der Waals surface area contributed by atoms with Crippen molar-refractivity contribution in [2.24, 2.45) is 0 Å². The summed E-state index contributed by atoms with van der Waals surface area (Å²) >= 11 is 0. The molecule has 0 unspecified atom stereocenters. The molecule has 0 bridgehead atoms. The molecular formula is C26H29N5O8S. The summed E-state index contributed by atoms with van der Waals surface area (Å²) in [4.78, 5) is 23.5. The zero-order valence-electron chi connectivity index (χ0n) is 22.5. The summed E-state index contributed by atoms with van der Waals surface area (Å²) in [6.07, 6.45) is 2.89. The number of hydrogen-bond acceptors (Lipinski definition) is 10. The zero-order chi connectivity index (χ0) is 29.1. The molecule has 2 aromatic heterocycles. The van der Waals surface area contributed by atoms with Crippen molar-refractivity contribution in [2.75, 3.05) is 18.9 Å². The summed E-state index contributed by atoms with van der Waals surface area (Å²) in [6.45, 7) is 5.94. The van der Waals surface area contributed by atoms with E-state index in [1.807, 2.05) is 0 Å². The van der Waals surface area contributed by atoms with E-state index in [4.69, 9.17) is 14.0 Å². The molecule has 14 heteroatoms. The van der Waals surface area contributed by atoms with Gasteiger partial charge in [0.1, 0.15) is 16.7 Å². The molecule has 0 saturated heterocycles. The summed E-state index contributed by atoms with van der Waals surface area (Å²) in [5, 5.41) is 11.2. The number of carbonyl (C=O) groups excluding carboxylic acids is 2. The van der Waals surface area contributed by atoms with Crippen LogP contribution in [0.15, 0.2) is 58.2 Å². The highest BCUT2D eigenvalue weighted by Gasteiger charge is 2.22. The van der Waals surface area contributed by atoms with Crippen molar-refractivity contribution in [3.8, 4) is 5.75 Å². The number of benzene rings is 2. The molecule has 4 rings (SSSR count). The van der Waals surface area contributed by atoms with E-state index in [1.54, 1.807) is 50.0 Å². The minimum Gasteiger partial charge on any atom is -0.496 e. The Kier molecular flexibility index (Phi) is 8.00. The number of carbonyl (C=O) groups is 2. The van der Waals surface area contributed by atoms with E-state index in [1.165, 1.54) is 38.5 Å². The van der Waals surface area contributed by atoms with Gasteiger partial charge in [-0.1, -0.05) is 5.16 Å². The number of esters is 1. The summed E-state index contributed by atoms with van der Waals surface area (Å²) in [5.74, 6) is -0.291. The van der Waals surface area contributed by atoms with Crippen molar-refractivity contribution in [2.45, 2.75) is 44.4 Å². The van der Waals surface area contributed by atoms with Crippen molar-refractivity contribution < 1.29 is 36.7 Å². The van der Waals surface area contributed by atoms with Gasteiger partial charge in [0.15, 0.2) is 11.4 Å². The molecule has 0 fully saturated rings. The molecule has 1 amide bonds. The van der Waals surface area contributed by atoms with Gasteiger partial charge >= 0.3 is 12.1 Å². The van der Waals surface area contributed by atoms with Gasteiger partial charge in [-0.15, -0.1) is 0 Å². The van der Waals surface area contributed by atoms with Crippen LogP contribution in [-0.2, 0) is 32.6 Å². The number of hydrogen-bond donors (Lipinski definition) is 2. The normalized spacial score (nSPS) is 11.7. The van der Waals surface area contributed by atoms with E-state index < -0.39 is 27.7 Å². The molecule has 2 aromatic carbocycles. The van der Waals surface area contributed by atoms with Crippen LogP contribution in [0, 0.1) is 0 Å². The Morgan fingerprint density at radius 2 is 1.80 bits per heavy atom. The third-order valence-corrected chi connectivity index (χ3v) is 6.86. The minimum absolute atomic E-state index is 0.0509. The van der Waals surface area contributed by atoms with Gasteiger partial charge in [0.25, 0.3) is 10.0 Å². The predicted molar refractivity (Wildman–Crippen MR) is 144 cm³/mol. The van der Waals surface area contributed by atoms with E-state index in [0.717, 1.165) is 11.1 Å². The van der Waals surface area contributed by atoms with Crippen LogP contribution in [0.2, 0.25) is 0 Å². The van der Waals surface area contributed by atoms with Crippen LogP contribution in [0.5, 0.6) is 5.75 Å². The number of nitrogens with one attached hydrogen (secondary N) is 2. The Hall–Kier alpha value is -4.59. The number of nitrogens with zero attached hydrogens (tertiary/aromatic N) is 3. The zero-order valence-corrected chi connectivity index (χ0v) is 23.4. The molecule has 0 atom stereocenters. The quantitative estimate of drug-likeness (QED) is 0.283. The van der Waals surface area contributed by atoms with Crippen molar-refractivity contribution in [1.82, 2.24) is 20.3 Å². The number of amides is 1. The maximum absolute atomic E-state index is 13.0. The lowest BCUT2D eigenvalue weighted by Gasteiger charge is -2.19. The fourth-order valence-electron chi connectivity index (χ4n) is 3.75. The average molecular weight is 572 g/mol. The molecule has 0 saturated carbocycles. The van der Waals surface area contributed by atoms with Crippen LogP contribution in [0.4, 0.5) is 10.6 Å². The number of aromatic nitrogens is 3. The van der Waals surface area contributed by atoms with Crippen LogP contribution in [0.25, 0.3) is 11.0 Å². The summed E-state index contributed by atoms with van der Waals surface area (Å²) in [7, 11) is -1.37. The number of ether oxygens (including phenoxy) is 3. The van der Waals surface area contributed by atoms with Gasteiger partial charge in [-0.3, -0.25) is 9.40 Å². The molecule has 212 valence electrons. The third-order valence-electron chi connectivity index (χ3n) is 5.50. The summed E-state index contributed by atoms with van der Waals surface area (Å²) < 4.78 is 50.8. The maximum atomic E-state index is 13.0. The van der Waals surface area contributed by atoms with E-state index in [9.17, 15) is 18.0 Å². The van der Waals surface area contributed by atoms with Crippen molar-refractivity contribution in [3.05, 3.63) is 65.5 Å². The molecule has 0 aliphatic carbocycles. The van der Waals surface area contributed by atoms with Gasteiger partial charge in [0, 0.05) is 18.3 Å². The highest BCUT2D eigenvalue weighted by molar-refractivity contribution is 7.92. The highest BCUT2D eigenvalue weighted by Crippen LogP contribution is 2.35. The Morgan fingerprint density at radius 1 is 1.07 bits per heavy atom. The van der Waals surface area contributed by atoms with Gasteiger partial charge < -0.3 is 24.1 Å². The monoisotopic (exact) mass is 571 g/mol. The van der Waals surface area contributed by atoms with E-state index in [0.29, 0.717) is 23.3 Å². The number of rotatable bonds is 9. The van der Waals surface area contributed by atoms with Crippen LogP contribution in [-0.4, -0.2) is 55.2 Å². The first-order valence-corrected chi connectivity index (χ1v) is 13.5. The Morgan fingerprint density at radius 3 is 2.45 bits per heavy atom. The van der Waals surface area contributed by atoms with Gasteiger partial charge in [-0.05, 0) is 62.7 Å².